The maximum absolute atomic E-state index is 9.32. The molecule has 4 nitrogen and oxygen atoms in total. The van der Waals surface area contributed by atoms with Crippen molar-refractivity contribution < 1.29 is 4.57 Å². The fraction of sp³-hybridized carbons (Fsp3) is 0. The van der Waals surface area contributed by atoms with Crippen LogP contribution in [-0.2, 0) is 4.57 Å². The van der Waals surface area contributed by atoms with Crippen LogP contribution in [0.1, 0.15) is 0 Å². The van der Waals surface area contributed by atoms with Gasteiger partial charge in [-0.05, 0) is 0 Å². The predicted octanol–water partition coefficient (Wildman–Crippen LogP) is 0.460. The number of rotatable bonds is 0. The minimum atomic E-state index is -0.451. The second-order valence-corrected chi connectivity index (χ2v) is 0.930. The van der Waals surface area contributed by atoms with Crippen LogP contribution in [0.4, 0.5) is 0 Å². The molecule has 5 heteroatoms. The molecule has 0 radical (unpaired) electrons. The van der Waals surface area contributed by atoms with Crippen molar-refractivity contribution in [1.29, 1.82) is 5.41 Å². The Hall–Kier alpha value is -0.590. The van der Waals surface area contributed by atoms with Gasteiger partial charge in [0.05, 0.1) is 0 Å². The molecule has 0 aliphatic rings. The predicted molar refractivity (Wildman–Crippen MR) is 22.9 cm³/mol. The number of nitrogens with two attached hydrogens (primary N) is 1. The van der Waals surface area contributed by atoms with E-state index >= 15 is 0 Å². The van der Waals surface area contributed by atoms with Gasteiger partial charge < -0.3 is 0 Å². The summed E-state index contributed by atoms with van der Waals surface area (Å²) in [6, 6.07) is 0. The number of guanidine groups is 1. The fourth-order valence-electron chi connectivity index (χ4n) is 0.0440. The van der Waals surface area contributed by atoms with E-state index in [4.69, 9.17) is 5.41 Å². The third kappa shape index (κ3) is 3.41. The molecular weight excluding hydrogens is 101 g/mol. The summed E-state index contributed by atoms with van der Waals surface area (Å²) in [6.07, 6.45) is 0. The molecule has 0 aliphatic carbocycles. The minimum absolute atomic E-state index is 0.410. The van der Waals surface area contributed by atoms with Crippen LogP contribution in [0, 0.1) is 5.41 Å². The van der Waals surface area contributed by atoms with Crippen molar-refractivity contribution in [1.82, 2.24) is 0 Å². The van der Waals surface area contributed by atoms with Crippen LogP contribution in [0.25, 0.3) is 4.59 Å². The molecule has 0 aromatic rings. The van der Waals surface area contributed by atoms with Crippen LogP contribution in [0.3, 0.4) is 0 Å². The third-order valence-electron chi connectivity index (χ3n) is 0.149. The van der Waals surface area contributed by atoms with E-state index < -0.39 is 14.1 Å². The van der Waals surface area contributed by atoms with E-state index in [0.717, 1.165) is 0 Å². The first-order chi connectivity index (χ1) is 2.77. The van der Waals surface area contributed by atoms with E-state index in [2.05, 4.69) is 10.3 Å². The Kier molecular flexibility index (Phi) is 2.38. The van der Waals surface area contributed by atoms with Gasteiger partial charge >= 0.3 is 34.3 Å². The summed E-state index contributed by atoms with van der Waals surface area (Å²) in [5.41, 5.74) is 4.61. The zero-order valence-corrected chi connectivity index (χ0v) is 3.77. The molecule has 0 atom stereocenters. The summed E-state index contributed by atoms with van der Waals surface area (Å²) in [6.45, 7) is 0. The van der Waals surface area contributed by atoms with Gasteiger partial charge in [0.2, 0.25) is 0 Å². The molecule has 0 rings (SSSR count). The summed E-state index contributed by atoms with van der Waals surface area (Å²) in [5, 5.41) is 6.30. The maximum atomic E-state index is 9.32. The SMILES string of the molecule is N=C(N)[N+]#P=O. The number of nitrogens with zero attached hydrogens (tertiary/aromatic N) is 1. The topological polar surface area (TPSA) is 71.3 Å². The first-order valence-corrected chi connectivity index (χ1v) is 1.91. The molecule has 0 heterocycles. The van der Waals surface area contributed by atoms with Crippen LogP contribution in [-0.4, -0.2) is 5.96 Å². The summed E-state index contributed by atoms with van der Waals surface area (Å²) < 4.78 is 12.2. The molecule has 0 aromatic carbocycles. The van der Waals surface area contributed by atoms with Crippen molar-refractivity contribution in [3.8, 4) is 0 Å². The summed E-state index contributed by atoms with van der Waals surface area (Å²) in [7, 11) is -0.451. The van der Waals surface area contributed by atoms with Gasteiger partial charge in [-0.3, -0.25) is 0 Å². The van der Waals surface area contributed by atoms with Gasteiger partial charge in [-0.25, -0.2) is 0 Å². The number of nitrogens with one attached hydrogen (secondary N) is 1. The van der Waals surface area contributed by atoms with Gasteiger partial charge in [0.15, 0.2) is 0 Å². The van der Waals surface area contributed by atoms with Crippen LogP contribution >= 0.6 is 8.10 Å². The van der Waals surface area contributed by atoms with Crippen LogP contribution in [0.5, 0.6) is 0 Å². The zero-order valence-electron chi connectivity index (χ0n) is 2.88. The Labute approximate surface area is 35.5 Å². The van der Waals surface area contributed by atoms with Gasteiger partial charge in [-0.2, -0.15) is 0 Å². The zero-order chi connectivity index (χ0) is 4.99. The molecule has 0 fully saturated rings. The molecule has 0 saturated heterocycles. The Morgan fingerprint density at radius 1 is 2.00 bits per heavy atom. The fourth-order valence-corrected chi connectivity index (χ4v) is 0.132. The van der Waals surface area contributed by atoms with Crippen molar-refractivity contribution in [2.45, 2.75) is 0 Å². The average Bonchev–Trinajstić information content (AvgIpc) is 1.35. The van der Waals surface area contributed by atoms with Crippen molar-refractivity contribution >= 4 is 14.1 Å². The van der Waals surface area contributed by atoms with Gasteiger partial charge in [0.25, 0.3) is 0 Å². The van der Waals surface area contributed by atoms with E-state index in [9.17, 15) is 4.57 Å². The molecule has 0 unspecified atom stereocenters. The van der Waals surface area contributed by atoms with Gasteiger partial charge in [-0.15, -0.1) is 0 Å². The summed E-state index contributed by atoms with van der Waals surface area (Å²) in [4.78, 5) is 0. The molecule has 3 N–H and O–H groups in total. The molecule has 0 aromatic heterocycles. The number of hydrogen-bond acceptors (Lipinski definition) is 2. The Bertz CT molecular complexity index is 143. The molecular formula is CH3N3OP+. The van der Waals surface area contributed by atoms with Crippen LogP contribution in [0.2, 0.25) is 0 Å². The molecule has 0 bridgehead atoms. The standard InChI is InChI=1S/CH3N3OP/c2-1(3)4-6-5/h(H3,2,3)/q+1. The molecule has 0 amide bonds. The Morgan fingerprint density at radius 2 is 2.50 bits per heavy atom. The van der Waals surface area contributed by atoms with Gasteiger partial charge in [0.1, 0.15) is 0 Å². The summed E-state index contributed by atoms with van der Waals surface area (Å²) in [5.74, 6) is -0.410. The normalized spacial score (nSPS) is 6.00. The van der Waals surface area contributed by atoms with Crippen LogP contribution < -0.4 is 5.73 Å². The van der Waals surface area contributed by atoms with Crippen molar-refractivity contribution in [3.63, 3.8) is 0 Å². The van der Waals surface area contributed by atoms with Gasteiger partial charge in [0, 0.05) is 0 Å². The van der Waals surface area contributed by atoms with E-state index in [-0.39, 0.29) is 0 Å². The second kappa shape index (κ2) is 2.64. The molecule has 6 heavy (non-hydrogen) atoms. The van der Waals surface area contributed by atoms with Crippen molar-refractivity contribution in [3.05, 3.63) is 4.59 Å². The average molecular weight is 104 g/mol. The van der Waals surface area contributed by atoms with E-state index in [1.165, 1.54) is 0 Å². The van der Waals surface area contributed by atoms with Crippen LogP contribution in [0.15, 0.2) is 0 Å². The van der Waals surface area contributed by atoms with E-state index in [1.54, 1.807) is 0 Å². The Balaban J connectivity index is 3.84. The summed E-state index contributed by atoms with van der Waals surface area (Å²) >= 11 is 0. The molecule has 32 valence electrons. The molecule has 0 spiro atoms. The van der Waals surface area contributed by atoms with Crippen molar-refractivity contribution in [2.24, 2.45) is 5.73 Å². The first kappa shape index (κ1) is 5.41. The van der Waals surface area contributed by atoms with Gasteiger partial charge in [-0.1, -0.05) is 0 Å². The third-order valence-corrected chi connectivity index (χ3v) is 0.446. The van der Waals surface area contributed by atoms with E-state index in [1.807, 2.05) is 0 Å². The van der Waals surface area contributed by atoms with E-state index in [0.29, 0.717) is 0 Å². The first-order valence-electron chi connectivity index (χ1n) is 1.14. The monoisotopic (exact) mass is 104 g/mol. The number of hydrogen-bond donors (Lipinski definition) is 2. The quantitative estimate of drug-likeness (QED) is 0.266. The molecule has 0 saturated carbocycles. The molecule has 0 aliphatic heterocycles. The Morgan fingerprint density at radius 3 is 2.50 bits per heavy atom. The second-order valence-electron chi connectivity index (χ2n) is 0.567. The van der Waals surface area contributed by atoms with Crippen molar-refractivity contribution in [2.75, 3.05) is 0 Å².